The smallest absolute Gasteiger partial charge is 0.244 e. The average molecular weight is 148 g/mol. The topological polar surface area (TPSA) is 72.7 Å². The minimum atomic E-state index is -0.851. The minimum Gasteiger partial charge on any atom is -0.244 e. The molecule has 0 rings (SSSR count). The number of nitrogens with zero attached hydrogens (tertiary/aromatic N) is 1. The van der Waals surface area contributed by atoms with Crippen LogP contribution in [0.3, 0.4) is 0 Å². The molecule has 0 saturated heterocycles. The lowest BCUT2D eigenvalue weighted by molar-refractivity contribution is -0.945. The SMILES string of the molecule is CC(=O)O[N+](=O)OC(C)=O. The largest absolute Gasteiger partial charge is 0.495 e. The fraction of sp³-hybridized carbons (Fsp3) is 0.500. The van der Waals surface area contributed by atoms with Gasteiger partial charge in [-0.25, -0.2) is 9.59 Å². The van der Waals surface area contributed by atoms with E-state index in [1.54, 1.807) is 0 Å². The normalized spacial score (nSPS) is 8.20. The highest BCUT2D eigenvalue weighted by molar-refractivity contribution is 5.66. The molecule has 0 N–H and O–H groups in total. The average Bonchev–Trinajstić information content (AvgIpc) is 1.58. The van der Waals surface area contributed by atoms with Crippen LogP contribution in [0.25, 0.3) is 0 Å². The number of hydrogen-bond acceptors (Lipinski definition) is 5. The molecule has 0 aromatic carbocycles. The Hall–Kier alpha value is -1.46. The van der Waals surface area contributed by atoms with Crippen LogP contribution < -0.4 is 0 Å². The van der Waals surface area contributed by atoms with E-state index in [0.29, 0.717) is 0 Å². The van der Waals surface area contributed by atoms with Gasteiger partial charge in [0.05, 0.1) is 0 Å². The van der Waals surface area contributed by atoms with Crippen LogP contribution in [-0.4, -0.2) is 17.0 Å². The highest BCUT2D eigenvalue weighted by atomic mass is 17.0. The van der Waals surface area contributed by atoms with Crippen molar-refractivity contribution < 1.29 is 24.4 Å². The molecule has 6 heteroatoms. The van der Waals surface area contributed by atoms with Gasteiger partial charge in [0.15, 0.2) is 0 Å². The lowest BCUT2D eigenvalue weighted by Gasteiger charge is -1.82. The van der Waals surface area contributed by atoms with E-state index in [9.17, 15) is 14.5 Å². The van der Waals surface area contributed by atoms with Crippen molar-refractivity contribution >= 4 is 11.9 Å². The van der Waals surface area contributed by atoms with Crippen molar-refractivity contribution in [1.29, 1.82) is 0 Å². The van der Waals surface area contributed by atoms with Crippen molar-refractivity contribution in [3.63, 3.8) is 0 Å². The summed E-state index contributed by atoms with van der Waals surface area (Å²) >= 11 is 0. The van der Waals surface area contributed by atoms with Crippen LogP contribution in [0, 0.1) is 4.91 Å². The van der Waals surface area contributed by atoms with E-state index >= 15 is 0 Å². The Labute approximate surface area is 56.2 Å². The molecular weight excluding hydrogens is 142 g/mol. The molecule has 0 aliphatic heterocycles. The first-order valence-corrected chi connectivity index (χ1v) is 2.36. The summed E-state index contributed by atoms with van der Waals surface area (Å²) in [5, 5.41) is -0.551. The van der Waals surface area contributed by atoms with Crippen molar-refractivity contribution in [2.24, 2.45) is 0 Å². The Balaban J connectivity index is 3.65. The molecule has 0 bridgehead atoms. The third-order valence-electron chi connectivity index (χ3n) is 0.406. The van der Waals surface area contributed by atoms with Crippen LogP contribution in [-0.2, 0) is 19.3 Å². The lowest BCUT2D eigenvalue weighted by Crippen LogP contribution is -2.16. The molecule has 0 amide bonds. The highest BCUT2D eigenvalue weighted by Gasteiger charge is 2.18. The molecule has 0 aliphatic rings. The maximum atomic E-state index is 10.1. The van der Waals surface area contributed by atoms with Crippen LogP contribution in [0.4, 0.5) is 0 Å². The minimum absolute atomic E-state index is 0.551. The first-order chi connectivity index (χ1) is 4.52. The summed E-state index contributed by atoms with van der Waals surface area (Å²) in [4.78, 5) is 37.6. The standard InChI is InChI=1S/C4H6NO5/c1-3(6)9-5(8)10-4(2)7/h1-2H3/q+1. The van der Waals surface area contributed by atoms with Gasteiger partial charge in [-0.1, -0.05) is 0 Å². The molecule has 10 heavy (non-hydrogen) atoms. The summed E-state index contributed by atoms with van der Waals surface area (Å²) in [6.45, 7) is 2.02. The Bertz CT molecular complexity index is 156. The van der Waals surface area contributed by atoms with Crippen LogP contribution in [0.15, 0.2) is 0 Å². The van der Waals surface area contributed by atoms with Crippen LogP contribution >= 0.6 is 0 Å². The maximum Gasteiger partial charge on any atom is 0.495 e. The molecule has 0 unspecified atom stereocenters. The zero-order chi connectivity index (χ0) is 8.15. The van der Waals surface area contributed by atoms with Crippen LogP contribution in [0.5, 0.6) is 0 Å². The molecule has 0 aliphatic carbocycles. The van der Waals surface area contributed by atoms with Crippen LogP contribution in [0.1, 0.15) is 13.8 Å². The molecule has 0 radical (unpaired) electrons. The number of rotatable bonds is 2. The van der Waals surface area contributed by atoms with Gasteiger partial charge in [-0.3, -0.25) is 0 Å². The van der Waals surface area contributed by atoms with E-state index in [2.05, 4.69) is 9.68 Å². The third-order valence-corrected chi connectivity index (χ3v) is 0.406. The number of carbonyl (C=O) groups is 2. The second-order valence-electron chi connectivity index (χ2n) is 1.39. The molecule has 0 fully saturated rings. The maximum absolute atomic E-state index is 10.1. The van der Waals surface area contributed by atoms with Gasteiger partial charge >= 0.3 is 17.0 Å². The molecular formula is C4H6NO5+. The van der Waals surface area contributed by atoms with E-state index in [1.165, 1.54) is 0 Å². The van der Waals surface area contributed by atoms with E-state index < -0.39 is 17.0 Å². The summed E-state index contributed by atoms with van der Waals surface area (Å²) in [6, 6.07) is 0. The number of carbonyl (C=O) groups excluding carboxylic acids is 2. The zero-order valence-electron chi connectivity index (χ0n) is 5.49. The fourth-order valence-corrected chi connectivity index (χ4v) is 0.229. The summed E-state index contributed by atoms with van der Waals surface area (Å²) in [5.41, 5.74) is 0. The summed E-state index contributed by atoms with van der Waals surface area (Å²) < 4.78 is 0. The molecule has 0 saturated carbocycles. The Morgan fingerprint density at radius 3 is 1.60 bits per heavy atom. The predicted octanol–water partition coefficient (Wildman–Crippen LogP) is -0.278. The van der Waals surface area contributed by atoms with Gasteiger partial charge in [0.25, 0.3) is 0 Å². The third kappa shape index (κ3) is 4.69. The predicted molar refractivity (Wildman–Crippen MR) is 27.2 cm³/mol. The van der Waals surface area contributed by atoms with E-state index in [4.69, 9.17) is 0 Å². The second-order valence-corrected chi connectivity index (χ2v) is 1.39. The number of hydrogen-bond donors (Lipinski definition) is 0. The molecule has 0 spiro atoms. The molecule has 0 aromatic heterocycles. The summed E-state index contributed by atoms with van der Waals surface area (Å²) in [6.07, 6.45) is 0. The molecule has 0 heterocycles. The fourth-order valence-electron chi connectivity index (χ4n) is 0.229. The Morgan fingerprint density at radius 1 is 1.10 bits per heavy atom. The van der Waals surface area contributed by atoms with Gasteiger partial charge < -0.3 is 0 Å². The van der Waals surface area contributed by atoms with Gasteiger partial charge in [-0.2, -0.15) is 0 Å². The molecule has 0 aromatic rings. The van der Waals surface area contributed by atoms with Crippen LogP contribution in [0.2, 0.25) is 0 Å². The van der Waals surface area contributed by atoms with Gasteiger partial charge in [-0.05, 0) is 0 Å². The van der Waals surface area contributed by atoms with Gasteiger partial charge in [0, 0.05) is 13.8 Å². The molecule has 6 nitrogen and oxygen atoms in total. The second kappa shape index (κ2) is 3.54. The van der Waals surface area contributed by atoms with Crippen molar-refractivity contribution in [3.05, 3.63) is 4.91 Å². The first-order valence-electron chi connectivity index (χ1n) is 2.36. The molecule has 56 valence electrons. The summed E-state index contributed by atoms with van der Waals surface area (Å²) in [7, 11) is 0. The highest BCUT2D eigenvalue weighted by Crippen LogP contribution is 1.82. The Morgan fingerprint density at radius 2 is 1.40 bits per heavy atom. The van der Waals surface area contributed by atoms with Crippen molar-refractivity contribution in [2.45, 2.75) is 13.8 Å². The van der Waals surface area contributed by atoms with Gasteiger partial charge in [-0.15, -0.1) is 9.68 Å². The lowest BCUT2D eigenvalue weighted by atomic mass is 10.8. The quantitative estimate of drug-likeness (QED) is 0.503. The molecule has 0 atom stereocenters. The monoisotopic (exact) mass is 148 g/mol. The summed E-state index contributed by atoms with van der Waals surface area (Å²) in [5.74, 6) is -1.70. The van der Waals surface area contributed by atoms with E-state index in [1.807, 2.05) is 0 Å². The first kappa shape index (κ1) is 8.54. The Kier molecular flexibility index (Phi) is 3.03. The van der Waals surface area contributed by atoms with Crippen molar-refractivity contribution in [1.82, 2.24) is 0 Å². The van der Waals surface area contributed by atoms with Gasteiger partial charge in [0.2, 0.25) is 0 Å². The zero-order valence-corrected chi connectivity index (χ0v) is 5.49. The van der Waals surface area contributed by atoms with Crippen molar-refractivity contribution in [2.75, 3.05) is 0 Å². The van der Waals surface area contributed by atoms with E-state index in [0.717, 1.165) is 13.8 Å². The van der Waals surface area contributed by atoms with E-state index in [-0.39, 0.29) is 0 Å². The van der Waals surface area contributed by atoms with Gasteiger partial charge in [0.1, 0.15) is 4.91 Å². The van der Waals surface area contributed by atoms with Crippen molar-refractivity contribution in [3.8, 4) is 0 Å².